The van der Waals surface area contributed by atoms with E-state index in [2.05, 4.69) is 25.8 Å². The molecule has 27 heavy (non-hydrogen) atoms. The van der Waals surface area contributed by atoms with Gasteiger partial charge in [-0.1, -0.05) is 6.42 Å². The maximum absolute atomic E-state index is 12.2. The van der Waals surface area contributed by atoms with Crippen LogP contribution >= 0.6 is 0 Å². The van der Waals surface area contributed by atoms with Crippen LogP contribution in [0, 0.1) is 0 Å². The molecule has 2 aromatic rings. The molecule has 144 valence electrons. The number of aryl methyl sites for hydroxylation is 1. The first-order valence-electron chi connectivity index (χ1n) is 10.6. The number of pyridine rings is 1. The second-order valence-corrected chi connectivity index (χ2v) is 7.42. The smallest absolute Gasteiger partial charge is 0.407 e. The van der Waals surface area contributed by atoms with Crippen molar-refractivity contribution in [2.75, 3.05) is 5.32 Å². The van der Waals surface area contributed by atoms with Crippen LogP contribution in [0.25, 0.3) is 0 Å². The van der Waals surface area contributed by atoms with Gasteiger partial charge in [0.2, 0.25) is 0 Å². The highest BCUT2D eigenvalue weighted by atomic mass is 16.6. The first-order chi connectivity index (χ1) is 13.9. The number of hydrogen-bond acceptors (Lipinski definition) is 5. The van der Waals surface area contributed by atoms with Crippen molar-refractivity contribution in [3.63, 3.8) is 0 Å². The van der Waals surface area contributed by atoms with E-state index in [1.165, 1.54) is 0 Å². The summed E-state index contributed by atoms with van der Waals surface area (Å²) in [4.78, 5) is 16.5. The molecule has 3 heterocycles. The van der Waals surface area contributed by atoms with Crippen LogP contribution in [0.2, 0.25) is 0 Å². The largest absolute Gasteiger partial charge is 0.446 e. The first kappa shape index (κ1) is 15.5. The predicted octanol–water partition coefficient (Wildman–Crippen LogP) is 4.03. The highest BCUT2D eigenvalue weighted by molar-refractivity contribution is 5.67. The average Bonchev–Trinajstić information content (AvgIpc) is 3.29. The molecular formula is C20H27N5O2. The molecule has 1 fully saturated rings. The number of alkyl carbamates (subject to hydrolysis) is 1. The summed E-state index contributed by atoms with van der Waals surface area (Å²) in [6.07, 6.45) is 3.31. The molecule has 4 rings (SSSR count). The van der Waals surface area contributed by atoms with Crippen molar-refractivity contribution < 1.29 is 12.3 Å². The van der Waals surface area contributed by atoms with E-state index in [-0.39, 0.29) is 24.5 Å². The molecule has 0 aromatic carbocycles. The Balaban J connectivity index is 1.57. The number of hydrogen-bond donors (Lipinski definition) is 3. The van der Waals surface area contributed by atoms with Gasteiger partial charge in [0.1, 0.15) is 6.10 Å². The van der Waals surface area contributed by atoms with Gasteiger partial charge in [-0.15, -0.1) is 0 Å². The third-order valence-electron chi connectivity index (χ3n) is 5.21. The Labute approximate surface area is 162 Å². The fourth-order valence-electron chi connectivity index (χ4n) is 3.73. The van der Waals surface area contributed by atoms with Crippen molar-refractivity contribution in [1.29, 1.82) is 0 Å². The molecule has 2 aliphatic rings. The van der Waals surface area contributed by atoms with Gasteiger partial charge in [0.15, 0.2) is 5.82 Å². The van der Waals surface area contributed by atoms with E-state index in [1.54, 1.807) is 6.20 Å². The standard InChI is InChI=1S/C20H27N5O2/c1-13-4-2-3-5-15-11-16(8-9-21-15)23-19-12-18(24-25-19)14-6-7-17(10-14)27-20(26)22-13/h8-9,11-14,17H,2-7,10H2,1H3,(H,22,26)(H2,23,24,25)/t13-,14-,17+/m0/s1/i3D2. The van der Waals surface area contributed by atoms with Crippen LogP contribution in [-0.4, -0.2) is 33.4 Å². The Morgan fingerprint density at radius 1 is 1.30 bits per heavy atom. The fraction of sp³-hybridized carbons (Fsp3) is 0.550. The summed E-state index contributed by atoms with van der Waals surface area (Å²) in [5.41, 5.74) is 2.54. The number of H-pyrrole nitrogens is 1. The van der Waals surface area contributed by atoms with Crippen molar-refractivity contribution in [2.24, 2.45) is 0 Å². The van der Waals surface area contributed by atoms with E-state index in [0.29, 0.717) is 24.4 Å². The van der Waals surface area contributed by atoms with Gasteiger partial charge in [-0.2, -0.15) is 5.10 Å². The maximum atomic E-state index is 12.2. The predicted molar refractivity (Wildman–Crippen MR) is 103 cm³/mol. The summed E-state index contributed by atoms with van der Waals surface area (Å²) in [6.45, 7) is 1.88. The third kappa shape index (κ3) is 4.59. The molecule has 6 bridgehead atoms. The topological polar surface area (TPSA) is 91.9 Å². The number of anilines is 2. The Morgan fingerprint density at radius 2 is 2.22 bits per heavy atom. The number of fused-ring (bicyclic) bond motifs is 7. The van der Waals surface area contributed by atoms with Crippen molar-refractivity contribution in [3.8, 4) is 0 Å². The van der Waals surface area contributed by atoms with Gasteiger partial charge in [0.25, 0.3) is 0 Å². The van der Waals surface area contributed by atoms with Crippen LogP contribution in [0.4, 0.5) is 16.3 Å². The van der Waals surface area contributed by atoms with Crippen LogP contribution in [-0.2, 0) is 11.2 Å². The normalized spacial score (nSPS) is 29.2. The molecule has 7 nitrogen and oxygen atoms in total. The minimum Gasteiger partial charge on any atom is -0.446 e. The number of aromatic nitrogens is 3. The highest BCUT2D eigenvalue weighted by Gasteiger charge is 2.30. The molecular weight excluding hydrogens is 342 g/mol. The van der Waals surface area contributed by atoms with Gasteiger partial charge in [0.05, 0.1) is 0 Å². The summed E-state index contributed by atoms with van der Waals surface area (Å²) in [5.74, 6) is 0.990. The molecule has 7 heteroatoms. The second kappa shape index (κ2) is 7.98. The van der Waals surface area contributed by atoms with Crippen molar-refractivity contribution in [2.45, 2.75) is 69.9 Å². The lowest BCUT2D eigenvalue weighted by Gasteiger charge is -2.17. The number of carbonyl (C=O) groups excluding carboxylic acids is 1. The van der Waals surface area contributed by atoms with E-state index in [1.807, 2.05) is 25.1 Å². The molecule has 0 saturated heterocycles. The minimum atomic E-state index is -1.42. The lowest BCUT2D eigenvalue weighted by atomic mass is 10.0. The lowest BCUT2D eigenvalue weighted by Crippen LogP contribution is -2.35. The third-order valence-corrected chi connectivity index (χ3v) is 5.21. The number of amides is 1. The lowest BCUT2D eigenvalue weighted by molar-refractivity contribution is 0.0971. The van der Waals surface area contributed by atoms with Crippen LogP contribution in [0.1, 0.15) is 65.4 Å². The summed E-state index contributed by atoms with van der Waals surface area (Å²) in [5, 5.41) is 13.5. The molecule has 0 unspecified atom stereocenters. The quantitative estimate of drug-likeness (QED) is 0.650. The number of rotatable bonds is 0. The second-order valence-electron chi connectivity index (χ2n) is 7.42. The van der Waals surface area contributed by atoms with Gasteiger partial charge < -0.3 is 15.4 Å². The zero-order chi connectivity index (χ0) is 20.4. The Kier molecular flexibility index (Phi) is 4.58. The zero-order valence-corrected chi connectivity index (χ0v) is 15.5. The van der Waals surface area contributed by atoms with E-state index in [0.717, 1.165) is 30.6 Å². The molecule has 3 atom stereocenters. The molecule has 1 aliphatic carbocycles. The molecule has 2 aromatic heterocycles. The monoisotopic (exact) mass is 371 g/mol. The number of aromatic amines is 1. The van der Waals surface area contributed by atoms with Crippen LogP contribution in [0.15, 0.2) is 24.4 Å². The van der Waals surface area contributed by atoms with Gasteiger partial charge >= 0.3 is 6.09 Å². The van der Waals surface area contributed by atoms with Crippen molar-refractivity contribution >= 4 is 17.6 Å². The van der Waals surface area contributed by atoms with Crippen molar-refractivity contribution in [1.82, 2.24) is 20.5 Å². The molecule has 1 amide bonds. The number of ether oxygens (including phenoxy) is 1. The minimum absolute atomic E-state index is 0.111. The van der Waals surface area contributed by atoms with E-state index < -0.39 is 12.5 Å². The highest BCUT2D eigenvalue weighted by Crippen LogP contribution is 2.36. The van der Waals surface area contributed by atoms with E-state index in [9.17, 15) is 4.79 Å². The van der Waals surface area contributed by atoms with Gasteiger partial charge in [-0.05, 0) is 57.5 Å². The summed E-state index contributed by atoms with van der Waals surface area (Å²) in [7, 11) is 0. The van der Waals surface area contributed by atoms with E-state index in [4.69, 9.17) is 7.48 Å². The fourth-order valence-corrected chi connectivity index (χ4v) is 3.73. The number of nitrogens with one attached hydrogen (secondary N) is 3. The van der Waals surface area contributed by atoms with Gasteiger partial charge in [-0.3, -0.25) is 10.1 Å². The van der Waals surface area contributed by atoms with Crippen LogP contribution in [0.5, 0.6) is 0 Å². The molecule has 0 spiro atoms. The average molecular weight is 371 g/mol. The zero-order valence-electron chi connectivity index (χ0n) is 17.5. The first-order valence-corrected chi connectivity index (χ1v) is 9.61. The molecule has 0 radical (unpaired) electrons. The molecule has 1 aliphatic heterocycles. The number of carbonyl (C=O) groups is 1. The number of nitrogens with zero attached hydrogens (tertiary/aromatic N) is 2. The Bertz CT molecular complexity index is 872. The summed E-state index contributed by atoms with van der Waals surface area (Å²) >= 11 is 0. The van der Waals surface area contributed by atoms with Crippen LogP contribution in [0.3, 0.4) is 0 Å². The van der Waals surface area contributed by atoms with Gasteiger partial charge in [-0.25, -0.2) is 4.79 Å². The van der Waals surface area contributed by atoms with Gasteiger partial charge in [0, 0.05) is 44.0 Å². The Morgan fingerprint density at radius 3 is 3.15 bits per heavy atom. The molecule has 1 saturated carbocycles. The SMILES string of the molecule is [2H]C1([2H])CC[C@H](C)NC(=O)O[C@@H]2CC[C@@H](C2)c2cc(n[nH]2)Nc2ccnc(c2)C1. The summed E-state index contributed by atoms with van der Waals surface area (Å²) < 4.78 is 22.3. The summed E-state index contributed by atoms with van der Waals surface area (Å²) in [6, 6.07) is 5.53. The molecule has 3 N–H and O–H groups in total. The van der Waals surface area contributed by atoms with E-state index >= 15 is 0 Å². The Hall–Kier alpha value is -2.57. The van der Waals surface area contributed by atoms with Crippen molar-refractivity contribution in [3.05, 3.63) is 35.8 Å². The van der Waals surface area contributed by atoms with Crippen LogP contribution < -0.4 is 10.6 Å². The maximum Gasteiger partial charge on any atom is 0.407 e.